The second-order valence-electron chi connectivity index (χ2n) is 4.25. The number of anilines is 1. The molecule has 0 amide bonds. The summed E-state index contributed by atoms with van der Waals surface area (Å²) in [6, 6.07) is 10.7. The molecule has 0 heterocycles. The summed E-state index contributed by atoms with van der Waals surface area (Å²) in [6.45, 7) is 1.80. The Labute approximate surface area is 115 Å². The Kier molecular flexibility index (Phi) is 4.10. The lowest BCUT2D eigenvalue weighted by atomic mass is 10.1. The number of carbonyl (C=O) groups is 1. The van der Waals surface area contributed by atoms with Gasteiger partial charge in [-0.3, -0.25) is 5.43 Å². The molecule has 0 spiro atoms. The maximum absolute atomic E-state index is 12.9. The van der Waals surface area contributed by atoms with E-state index in [1.807, 2.05) is 0 Å². The highest BCUT2D eigenvalue weighted by Crippen LogP contribution is 2.10. The first-order valence-corrected chi connectivity index (χ1v) is 5.95. The van der Waals surface area contributed by atoms with Crippen LogP contribution in [0.4, 0.5) is 10.1 Å². The monoisotopic (exact) mass is 272 g/mol. The zero-order valence-corrected chi connectivity index (χ0v) is 10.8. The van der Waals surface area contributed by atoms with Gasteiger partial charge in [-0.05, 0) is 54.4 Å². The van der Waals surface area contributed by atoms with Gasteiger partial charge in [-0.1, -0.05) is 6.07 Å². The third kappa shape index (κ3) is 3.41. The van der Waals surface area contributed by atoms with E-state index in [2.05, 4.69) is 10.5 Å². The van der Waals surface area contributed by atoms with Crippen molar-refractivity contribution in [3.8, 4) is 0 Å². The molecule has 0 saturated carbocycles. The first-order valence-electron chi connectivity index (χ1n) is 5.95. The van der Waals surface area contributed by atoms with Gasteiger partial charge in [-0.2, -0.15) is 5.10 Å². The van der Waals surface area contributed by atoms with Gasteiger partial charge in [0.15, 0.2) is 0 Å². The maximum Gasteiger partial charge on any atom is 0.335 e. The zero-order valence-electron chi connectivity index (χ0n) is 10.8. The van der Waals surface area contributed by atoms with Crippen LogP contribution in [0.2, 0.25) is 0 Å². The molecule has 0 unspecified atom stereocenters. The number of benzene rings is 2. The molecular formula is C15H13FN2O2. The fourth-order valence-electron chi connectivity index (χ4n) is 1.65. The van der Waals surface area contributed by atoms with Gasteiger partial charge in [0.25, 0.3) is 0 Å². The quantitative estimate of drug-likeness (QED) is 0.663. The summed E-state index contributed by atoms with van der Waals surface area (Å²) in [5, 5.41) is 12.8. The van der Waals surface area contributed by atoms with E-state index in [1.165, 1.54) is 24.3 Å². The lowest BCUT2D eigenvalue weighted by Gasteiger charge is -2.02. The van der Waals surface area contributed by atoms with Crippen LogP contribution in [0, 0.1) is 12.7 Å². The Morgan fingerprint density at radius 1 is 1.25 bits per heavy atom. The number of halogens is 1. The van der Waals surface area contributed by atoms with Crippen LogP contribution in [0.5, 0.6) is 0 Å². The molecule has 0 aliphatic heterocycles. The van der Waals surface area contributed by atoms with Gasteiger partial charge < -0.3 is 5.11 Å². The molecule has 102 valence electrons. The lowest BCUT2D eigenvalue weighted by molar-refractivity contribution is 0.0697. The molecular weight excluding hydrogens is 259 g/mol. The van der Waals surface area contributed by atoms with E-state index in [-0.39, 0.29) is 11.4 Å². The molecule has 4 nitrogen and oxygen atoms in total. The Morgan fingerprint density at radius 3 is 2.55 bits per heavy atom. The zero-order chi connectivity index (χ0) is 14.5. The van der Waals surface area contributed by atoms with Crippen molar-refractivity contribution in [2.45, 2.75) is 6.92 Å². The van der Waals surface area contributed by atoms with E-state index in [9.17, 15) is 9.18 Å². The number of nitrogens with one attached hydrogen (secondary N) is 1. The normalized spacial score (nSPS) is 10.7. The molecule has 2 rings (SSSR count). The first-order chi connectivity index (χ1) is 9.56. The van der Waals surface area contributed by atoms with Crippen molar-refractivity contribution in [1.29, 1.82) is 0 Å². The van der Waals surface area contributed by atoms with Gasteiger partial charge in [0.05, 0.1) is 17.5 Å². The molecule has 0 saturated heterocycles. The second-order valence-corrected chi connectivity index (χ2v) is 4.25. The van der Waals surface area contributed by atoms with E-state index in [0.717, 1.165) is 11.1 Å². The smallest absolute Gasteiger partial charge is 0.335 e. The number of hydrogen-bond donors (Lipinski definition) is 2. The highest BCUT2D eigenvalue weighted by atomic mass is 19.1. The van der Waals surface area contributed by atoms with Gasteiger partial charge in [-0.15, -0.1) is 0 Å². The van der Waals surface area contributed by atoms with Crippen molar-refractivity contribution in [3.05, 3.63) is 65.0 Å². The van der Waals surface area contributed by atoms with Crippen molar-refractivity contribution in [1.82, 2.24) is 0 Å². The van der Waals surface area contributed by atoms with Crippen LogP contribution in [0.15, 0.2) is 47.6 Å². The molecule has 0 bridgehead atoms. The van der Waals surface area contributed by atoms with Crippen molar-refractivity contribution in [2.24, 2.45) is 5.10 Å². The number of hydrazone groups is 1. The van der Waals surface area contributed by atoms with Gasteiger partial charge in [0.2, 0.25) is 0 Å². The minimum Gasteiger partial charge on any atom is -0.478 e. The standard InChI is InChI=1S/C15H13FN2O2/c1-10-8-13(16)5-2-12(10)9-17-18-14-6-3-11(4-7-14)15(19)20/h2-9,18H,1H3,(H,19,20)/b17-9+. The fraction of sp³-hybridized carbons (Fsp3) is 0.0667. The van der Waals surface area contributed by atoms with Crippen molar-refractivity contribution in [3.63, 3.8) is 0 Å². The summed E-state index contributed by atoms with van der Waals surface area (Å²) in [5.74, 6) is -1.25. The van der Waals surface area contributed by atoms with Gasteiger partial charge >= 0.3 is 5.97 Å². The summed E-state index contributed by atoms with van der Waals surface area (Å²) >= 11 is 0. The third-order valence-electron chi connectivity index (χ3n) is 2.76. The number of hydrogen-bond acceptors (Lipinski definition) is 3. The average molecular weight is 272 g/mol. The molecule has 0 radical (unpaired) electrons. The van der Waals surface area contributed by atoms with Crippen molar-refractivity contribution in [2.75, 3.05) is 5.43 Å². The minimum atomic E-state index is -0.970. The van der Waals surface area contributed by atoms with Crippen molar-refractivity contribution >= 4 is 17.9 Å². The molecule has 2 aromatic carbocycles. The summed E-state index contributed by atoms with van der Waals surface area (Å²) in [5.41, 5.74) is 5.27. The van der Waals surface area contributed by atoms with Gasteiger partial charge in [0.1, 0.15) is 5.82 Å². The Bertz CT molecular complexity index is 651. The SMILES string of the molecule is Cc1cc(F)ccc1/C=N/Nc1ccc(C(=O)O)cc1. The number of nitrogens with zero attached hydrogens (tertiary/aromatic N) is 1. The van der Waals surface area contributed by atoms with Gasteiger partial charge in [0, 0.05) is 0 Å². The Hall–Kier alpha value is -2.69. The lowest BCUT2D eigenvalue weighted by Crippen LogP contribution is -1.97. The van der Waals surface area contributed by atoms with E-state index in [1.54, 1.807) is 31.3 Å². The average Bonchev–Trinajstić information content (AvgIpc) is 2.42. The Balaban J connectivity index is 2.04. The predicted octanol–water partition coefficient (Wildman–Crippen LogP) is 3.28. The molecule has 5 heteroatoms. The minimum absolute atomic E-state index is 0.217. The molecule has 2 N–H and O–H groups in total. The third-order valence-corrected chi connectivity index (χ3v) is 2.76. The molecule has 0 fully saturated rings. The van der Waals surface area contributed by atoms with Crippen LogP contribution < -0.4 is 5.43 Å². The summed E-state index contributed by atoms with van der Waals surface area (Å²) < 4.78 is 12.9. The van der Waals surface area contributed by atoms with Crippen LogP contribution in [0.3, 0.4) is 0 Å². The topological polar surface area (TPSA) is 61.7 Å². The molecule has 20 heavy (non-hydrogen) atoms. The van der Waals surface area contributed by atoms with Crippen LogP contribution in [-0.2, 0) is 0 Å². The number of carboxylic acids is 1. The van der Waals surface area contributed by atoms with Gasteiger partial charge in [-0.25, -0.2) is 9.18 Å². The van der Waals surface area contributed by atoms with E-state index in [4.69, 9.17) is 5.11 Å². The van der Waals surface area contributed by atoms with E-state index in [0.29, 0.717) is 5.69 Å². The van der Waals surface area contributed by atoms with Crippen LogP contribution in [0.25, 0.3) is 0 Å². The number of aromatic carboxylic acids is 1. The van der Waals surface area contributed by atoms with Crippen LogP contribution in [0.1, 0.15) is 21.5 Å². The van der Waals surface area contributed by atoms with Crippen molar-refractivity contribution < 1.29 is 14.3 Å². The van der Waals surface area contributed by atoms with E-state index >= 15 is 0 Å². The molecule has 0 aromatic heterocycles. The summed E-state index contributed by atoms with van der Waals surface area (Å²) in [6.07, 6.45) is 1.58. The van der Waals surface area contributed by atoms with E-state index < -0.39 is 5.97 Å². The predicted molar refractivity (Wildman–Crippen MR) is 75.8 cm³/mol. The highest BCUT2D eigenvalue weighted by molar-refractivity contribution is 5.88. The second kappa shape index (κ2) is 5.97. The van der Waals surface area contributed by atoms with Crippen LogP contribution in [-0.4, -0.2) is 17.3 Å². The molecule has 0 aliphatic carbocycles. The largest absolute Gasteiger partial charge is 0.478 e. The first kappa shape index (κ1) is 13.7. The Morgan fingerprint density at radius 2 is 1.95 bits per heavy atom. The van der Waals surface area contributed by atoms with Crippen LogP contribution >= 0.6 is 0 Å². The number of aryl methyl sites for hydroxylation is 1. The number of rotatable bonds is 4. The molecule has 0 aliphatic rings. The molecule has 0 atom stereocenters. The number of carboxylic acid groups (broad SMARTS) is 1. The highest BCUT2D eigenvalue weighted by Gasteiger charge is 2.01. The molecule has 2 aromatic rings. The maximum atomic E-state index is 12.9. The summed E-state index contributed by atoms with van der Waals surface area (Å²) in [4.78, 5) is 10.7. The fourth-order valence-corrected chi connectivity index (χ4v) is 1.65. The summed E-state index contributed by atoms with van der Waals surface area (Å²) in [7, 11) is 0.